The highest BCUT2D eigenvalue weighted by Crippen LogP contribution is 2.41. The normalized spacial score (nSPS) is 21.9. The van der Waals surface area contributed by atoms with E-state index < -0.39 is 11.4 Å². The number of amides is 4. The van der Waals surface area contributed by atoms with Crippen molar-refractivity contribution in [2.45, 2.75) is 58.8 Å². The molecule has 5 heteroatoms. The molecule has 1 spiro atoms. The first-order valence-electron chi connectivity index (χ1n) is 7.65. The van der Waals surface area contributed by atoms with Gasteiger partial charge in [0.25, 0.3) is 0 Å². The third kappa shape index (κ3) is 2.72. The van der Waals surface area contributed by atoms with Crippen LogP contribution in [0.1, 0.15) is 58.8 Å². The Balaban J connectivity index is 1.99. The summed E-state index contributed by atoms with van der Waals surface area (Å²) in [7, 11) is 0. The third-order valence-corrected chi connectivity index (χ3v) is 4.43. The van der Waals surface area contributed by atoms with Gasteiger partial charge in [-0.05, 0) is 25.2 Å². The molecule has 0 radical (unpaired) electrons. The van der Waals surface area contributed by atoms with Crippen molar-refractivity contribution in [3.63, 3.8) is 0 Å². The molecule has 1 saturated heterocycles. The molecule has 1 aliphatic carbocycles. The number of hydrogen-bond acceptors (Lipinski definition) is 3. The summed E-state index contributed by atoms with van der Waals surface area (Å²) < 4.78 is 0. The smallest absolute Gasteiger partial charge is 0.277 e. The highest BCUT2D eigenvalue weighted by Gasteiger charge is 2.54. The molecule has 0 unspecified atom stereocenters. The largest absolute Gasteiger partial charge is 0.330 e. The van der Waals surface area contributed by atoms with Gasteiger partial charge in [-0.1, -0.05) is 39.5 Å². The van der Waals surface area contributed by atoms with Crippen molar-refractivity contribution in [2.24, 2.45) is 11.3 Å². The standard InChI is InChI=1S/C15H24N2O3/c1-11(2)7-3-6-10-17-13(19)15(8-4-5-9-15)12(18)16-14(17)20/h11H,3-10H2,1-2H3,(H,16,18,20). The number of rotatable bonds is 5. The lowest BCUT2D eigenvalue weighted by atomic mass is 9.82. The van der Waals surface area contributed by atoms with Gasteiger partial charge in [0, 0.05) is 6.54 Å². The Morgan fingerprint density at radius 1 is 1.15 bits per heavy atom. The summed E-state index contributed by atoms with van der Waals surface area (Å²) >= 11 is 0. The van der Waals surface area contributed by atoms with Crippen molar-refractivity contribution in [1.82, 2.24) is 10.2 Å². The van der Waals surface area contributed by atoms with Gasteiger partial charge in [-0.15, -0.1) is 0 Å². The SMILES string of the molecule is CC(C)CCCCN1C(=O)NC(=O)C2(CCCC2)C1=O. The summed E-state index contributed by atoms with van der Waals surface area (Å²) in [5.74, 6) is -0.0274. The van der Waals surface area contributed by atoms with E-state index in [2.05, 4.69) is 19.2 Å². The first kappa shape index (κ1) is 15.0. The Labute approximate surface area is 120 Å². The van der Waals surface area contributed by atoms with Crippen LogP contribution in [0, 0.1) is 11.3 Å². The molecule has 20 heavy (non-hydrogen) atoms. The van der Waals surface area contributed by atoms with E-state index in [1.54, 1.807) is 0 Å². The second kappa shape index (κ2) is 5.94. The van der Waals surface area contributed by atoms with E-state index in [1.165, 1.54) is 4.90 Å². The molecular formula is C15H24N2O3. The van der Waals surface area contributed by atoms with Crippen LogP contribution in [0.3, 0.4) is 0 Å². The molecule has 0 aromatic rings. The van der Waals surface area contributed by atoms with Gasteiger partial charge in [0.05, 0.1) is 0 Å². The summed E-state index contributed by atoms with van der Waals surface area (Å²) in [6.07, 6.45) is 5.81. The van der Waals surface area contributed by atoms with E-state index >= 15 is 0 Å². The maximum atomic E-state index is 12.5. The average molecular weight is 280 g/mol. The maximum Gasteiger partial charge on any atom is 0.330 e. The Morgan fingerprint density at radius 2 is 1.80 bits per heavy atom. The Kier molecular flexibility index (Phi) is 4.45. The molecule has 0 atom stereocenters. The van der Waals surface area contributed by atoms with Gasteiger partial charge in [0.1, 0.15) is 5.41 Å². The van der Waals surface area contributed by atoms with Crippen molar-refractivity contribution < 1.29 is 14.4 Å². The number of carbonyl (C=O) groups is 3. The van der Waals surface area contributed by atoms with Gasteiger partial charge in [0.15, 0.2) is 0 Å². The Morgan fingerprint density at radius 3 is 2.40 bits per heavy atom. The van der Waals surface area contributed by atoms with Crippen LogP contribution in [0.4, 0.5) is 4.79 Å². The molecular weight excluding hydrogens is 256 g/mol. The zero-order chi connectivity index (χ0) is 14.8. The number of urea groups is 1. The summed E-state index contributed by atoms with van der Waals surface area (Å²) in [4.78, 5) is 37.7. The van der Waals surface area contributed by atoms with Gasteiger partial charge in [-0.2, -0.15) is 0 Å². The van der Waals surface area contributed by atoms with Gasteiger partial charge in [0.2, 0.25) is 11.8 Å². The Bertz CT molecular complexity index is 411. The number of imide groups is 2. The zero-order valence-electron chi connectivity index (χ0n) is 12.4. The first-order chi connectivity index (χ1) is 9.47. The number of hydrogen-bond donors (Lipinski definition) is 1. The summed E-state index contributed by atoms with van der Waals surface area (Å²) in [5.41, 5.74) is -0.952. The molecule has 2 aliphatic rings. The van der Waals surface area contributed by atoms with E-state index in [9.17, 15) is 14.4 Å². The number of unbranched alkanes of at least 4 members (excludes halogenated alkanes) is 1. The molecule has 5 nitrogen and oxygen atoms in total. The number of nitrogens with zero attached hydrogens (tertiary/aromatic N) is 1. The molecule has 2 fully saturated rings. The van der Waals surface area contributed by atoms with E-state index in [1.807, 2.05) is 0 Å². The molecule has 112 valence electrons. The summed E-state index contributed by atoms with van der Waals surface area (Å²) in [6.45, 7) is 4.74. The van der Waals surface area contributed by atoms with Crippen LogP contribution < -0.4 is 5.32 Å². The molecule has 0 aromatic heterocycles. The van der Waals surface area contributed by atoms with Crippen molar-refractivity contribution in [2.75, 3.05) is 6.54 Å². The van der Waals surface area contributed by atoms with Crippen LogP contribution in [0.15, 0.2) is 0 Å². The highest BCUT2D eigenvalue weighted by molar-refractivity contribution is 6.19. The predicted octanol–water partition coefficient (Wildman–Crippen LogP) is 2.45. The van der Waals surface area contributed by atoms with Crippen LogP contribution >= 0.6 is 0 Å². The quantitative estimate of drug-likeness (QED) is 0.621. The molecule has 1 saturated carbocycles. The molecule has 1 N–H and O–H groups in total. The minimum atomic E-state index is -0.952. The molecule has 0 aromatic carbocycles. The van der Waals surface area contributed by atoms with Gasteiger partial charge in [-0.3, -0.25) is 19.8 Å². The number of carbonyl (C=O) groups excluding carboxylic acids is 3. The fraction of sp³-hybridized carbons (Fsp3) is 0.800. The lowest BCUT2D eigenvalue weighted by Gasteiger charge is -2.36. The van der Waals surface area contributed by atoms with E-state index in [-0.39, 0.29) is 11.8 Å². The van der Waals surface area contributed by atoms with E-state index in [0.717, 1.165) is 32.1 Å². The monoisotopic (exact) mass is 280 g/mol. The summed E-state index contributed by atoms with van der Waals surface area (Å²) in [6, 6.07) is -0.540. The number of barbiturate groups is 1. The molecule has 1 aliphatic heterocycles. The lowest BCUT2D eigenvalue weighted by Crippen LogP contribution is -2.63. The molecule has 2 rings (SSSR count). The number of nitrogens with one attached hydrogen (secondary N) is 1. The lowest BCUT2D eigenvalue weighted by molar-refractivity contribution is -0.151. The average Bonchev–Trinajstić information content (AvgIpc) is 2.86. The predicted molar refractivity (Wildman–Crippen MR) is 74.8 cm³/mol. The topological polar surface area (TPSA) is 66.5 Å². The second-order valence-electron chi connectivity index (χ2n) is 6.39. The van der Waals surface area contributed by atoms with Gasteiger partial charge >= 0.3 is 6.03 Å². The Hall–Kier alpha value is -1.39. The van der Waals surface area contributed by atoms with E-state index in [0.29, 0.717) is 25.3 Å². The van der Waals surface area contributed by atoms with Crippen LogP contribution in [0.5, 0.6) is 0 Å². The first-order valence-corrected chi connectivity index (χ1v) is 7.65. The summed E-state index contributed by atoms with van der Waals surface area (Å²) in [5, 5.41) is 2.37. The van der Waals surface area contributed by atoms with Crippen LogP contribution in [-0.2, 0) is 9.59 Å². The molecule has 4 amide bonds. The van der Waals surface area contributed by atoms with Crippen molar-refractivity contribution in [3.05, 3.63) is 0 Å². The van der Waals surface area contributed by atoms with Crippen LogP contribution in [0.25, 0.3) is 0 Å². The van der Waals surface area contributed by atoms with Gasteiger partial charge < -0.3 is 0 Å². The zero-order valence-corrected chi connectivity index (χ0v) is 12.4. The minimum absolute atomic E-state index is 0.270. The maximum absolute atomic E-state index is 12.5. The van der Waals surface area contributed by atoms with Crippen LogP contribution in [0.2, 0.25) is 0 Å². The fourth-order valence-corrected chi connectivity index (χ4v) is 3.18. The minimum Gasteiger partial charge on any atom is -0.277 e. The molecule has 1 heterocycles. The van der Waals surface area contributed by atoms with Crippen molar-refractivity contribution in [1.29, 1.82) is 0 Å². The highest BCUT2D eigenvalue weighted by atomic mass is 16.2. The van der Waals surface area contributed by atoms with Crippen LogP contribution in [-0.4, -0.2) is 29.3 Å². The second-order valence-corrected chi connectivity index (χ2v) is 6.39. The third-order valence-electron chi connectivity index (χ3n) is 4.43. The molecule has 0 bridgehead atoms. The van der Waals surface area contributed by atoms with Crippen molar-refractivity contribution in [3.8, 4) is 0 Å². The fourth-order valence-electron chi connectivity index (χ4n) is 3.18. The van der Waals surface area contributed by atoms with Crippen molar-refractivity contribution >= 4 is 17.8 Å². The van der Waals surface area contributed by atoms with E-state index in [4.69, 9.17) is 0 Å². The van der Waals surface area contributed by atoms with Gasteiger partial charge in [-0.25, -0.2) is 4.79 Å².